The normalized spacial score (nSPS) is 14.0. The number of benzene rings is 2. The van der Waals surface area contributed by atoms with E-state index in [4.69, 9.17) is 11.6 Å². The first-order chi connectivity index (χ1) is 12.5. The Balaban J connectivity index is 1.62. The lowest BCUT2D eigenvalue weighted by atomic mass is 10.2. The third-order valence-electron chi connectivity index (χ3n) is 4.15. The third-order valence-corrected chi connectivity index (χ3v) is 4.47. The van der Waals surface area contributed by atoms with E-state index in [2.05, 4.69) is 15.4 Å². The summed E-state index contributed by atoms with van der Waals surface area (Å²) in [5, 5.41) is 14.8. The fourth-order valence-corrected chi connectivity index (χ4v) is 2.97. The summed E-state index contributed by atoms with van der Waals surface area (Å²) < 4.78 is 0. The van der Waals surface area contributed by atoms with Crippen LogP contribution in [-0.2, 0) is 0 Å². The predicted octanol–water partition coefficient (Wildman–Crippen LogP) is 3.61. The number of rotatable bonds is 5. The summed E-state index contributed by atoms with van der Waals surface area (Å²) in [6.07, 6.45) is 3.72. The van der Waals surface area contributed by atoms with Crippen LogP contribution in [0.25, 0.3) is 0 Å². The topological polar surface area (TPSA) is 87.8 Å². The largest absolute Gasteiger partial charge is 0.372 e. The molecule has 1 amide bonds. The highest BCUT2D eigenvalue weighted by atomic mass is 35.5. The monoisotopic (exact) mass is 372 g/mol. The van der Waals surface area contributed by atoms with Crippen molar-refractivity contribution in [1.29, 1.82) is 0 Å². The van der Waals surface area contributed by atoms with Crippen molar-refractivity contribution in [3.05, 3.63) is 68.7 Å². The van der Waals surface area contributed by atoms with Crippen molar-refractivity contribution >= 4 is 35.1 Å². The average molecular weight is 373 g/mol. The number of nitrogens with one attached hydrogen (secondary N) is 1. The van der Waals surface area contributed by atoms with Crippen molar-refractivity contribution in [2.75, 3.05) is 18.0 Å². The molecule has 0 bridgehead atoms. The van der Waals surface area contributed by atoms with Crippen LogP contribution >= 0.6 is 11.6 Å². The lowest BCUT2D eigenvalue weighted by Gasteiger charge is -2.17. The number of anilines is 1. The second-order valence-electron chi connectivity index (χ2n) is 5.91. The zero-order chi connectivity index (χ0) is 18.5. The number of hydrazone groups is 1. The molecule has 0 spiro atoms. The first-order valence-electron chi connectivity index (χ1n) is 8.17. The summed E-state index contributed by atoms with van der Waals surface area (Å²) in [5.74, 6) is -0.349. The minimum atomic E-state index is -0.569. The van der Waals surface area contributed by atoms with Crippen molar-refractivity contribution in [2.45, 2.75) is 12.8 Å². The quantitative estimate of drug-likeness (QED) is 0.493. The molecule has 8 heteroatoms. The van der Waals surface area contributed by atoms with E-state index in [0.717, 1.165) is 18.8 Å². The summed E-state index contributed by atoms with van der Waals surface area (Å²) >= 11 is 5.76. The Morgan fingerprint density at radius 3 is 2.54 bits per heavy atom. The van der Waals surface area contributed by atoms with Gasteiger partial charge in [-0.15, -0.1) is 0 Å². The highest BCUT2D eigenvalue weighted by Crippen LogP contribution is 2.24. The Bertz CT molecular complexity index is 846. The van der Waals surface area contributed by atoms with Gasteiger partial charge >= 0.3 is 0 Å². The number of hydrogen-bond acceptors (Lipinski definition) is 5. The molecule has 0 radical (unpaired) electrons. The average Bonchev–Trinajstić information content (AvgIpc) is 3.17. The Morgan fingerprint density at radius 2 is 1.88 bits per heavy atom. The number of nitro benzene ring substituents is 1. The summed E-state index contributed by atoms with van der Waals surface area (Å²) in [6.45, 7) is 2.09. The number of nitrogens with zero attached hydrogens (tertiary/aromatic N) is 3. The Kier molecular flexibility index (Phi) is 5.48. The summed E-state index contributed by atoms with van der Waals surface area (Å²) in [4.78, 5) is 24.7. The van der Waals surface area contributed by atoms with Crippen LogP contribution in [0.1, 0.15) is 28.8 Å². The van der Waals surface area contributed by atoms with Gasteiger partial charge in [-0.05, 0) is 43.2 Å². The lowest BCUT2D eigenvalue weighted by molar-refractivity contribution is -0.384. The van der Waals surface area contributed by atoms with Crippen molar-refractivity contribution in [2.24, 2.45) is 5.10 Å². The van der Waals surface area contributed by atoms with Crippen molar-refractivity contribution in [1.82, 2.24) is 5.43 Å². The smallest absolute Gasteiger partial charge is 0.288 e. The van der Waals surface area contributed by atoms with Crippen LogP contribution in [-0.4, -0.2) is 30.1 Å². The Hall–Kier alpha value is -2.93. The maximum Gasteiger partial charge on any atom is 0.288 e. The van der Waals surface area contributed by atoms with Crippen LogP contribution < -0.4 is 10.3 Å². The first-order valence-corrected chi connectivity index (χ1v) is 8.55. The number of halogens is 1. The van der Waals surface area contributed by atoms with E-state index in [1.807, 2.05) is 12.1 Å². The Morgan fingerprint density at radius 1 is 1.19 bits per heavy atom. The SMILES string of the molecule is O=C(N/N=C\c1ccc(Cl)c([N+](=O)[O-])c1)c1ccc(N2CCCC2)cc1. The van der Waals surface area contributed by atoms with Gasteiger partial charge in [-0.2, -0.15) is 5.10 Å². The maximum absolute atomic E-state index is 12.1. The minimum absolute atomic E-state index is 0.0503. The maximum atomic E-state index is 12.1. The van der Waals surface area contributed by atoms with Gasteiger partial charge in [0.2, 0.25) is 0 Å². The first kappa shape index (κ1) is 17.9. The molecule has 0 unspecified atom stereocenters. The van der Waals surface area contributed by atoms with Gasteiger partial charge in [0.05, 0.1) is 11.1 Å². The molecule has 7 nitrogen and oxygen atoms in total. The highest BCUT2D eigenvalue weighted by Gasteiger charge is 2.13. The van der Waals surface area contributed by atoms with Gasteiger partial charge in [-0.25, -0.2) is 5.43 Å². The Labute approximate surface area is 155 Å². The van der Waals surface area contributed by atoms with E-state index in [1.54, 1.807) is 18.2 Å². The summed E-state index contributed by atoms with van der Waals surface area (Å²) in [5.41, 5.74) is 4.27. The van der Waals surface area contributed by atoms with E-state index in [1.165, 1.54) is 31.2 Å². The van der Waals surface area contributed by atoms with Crippen molar-refractivity contribution < 1.29 is 9.72 Å². The van der Waals surface area contributed by atoms with Crippen LogP contribution in [0.4, 0.5) is 11.4 Å². The van der Waals surface area contributed by atoms with Crippen LogP contribution in [0.3, 0.4) is 0 Å². The number of carbonyl (C=O) groups excluding carboxylic acids is 1. The highest BCUT2D eigenvalue weighted by molar-refractivity contribution is 6.32. The fraction of sp³-hybridized carbons (Fsp3) is 0.222. The summed E-state index contributed by atoms with van der Waals surface area (Å²) in [6, 6.07) is 11.6. The van der Waals surface area contributed by atoms with Crippen molar-refractivity contribution in [3.63, 3.8) is 0 Å². The zero-order valence-electron chi connectivity index (χ0n) is 13.9. The molecule has 2 aromatic carbocycles. The molecule has 1 N–H and O–H groups in total. The number of nitro groups is 1. The van der Waals surface area contributed by atoms with Gasteiger partial charge in [0, 0.05) is 36.0 Å². The van der Waals surface area contributed by atoms with E-state index in [9.17, 15) is 14.9 Å². The van der Waals surface area contributed by atoms with Gasteiger partial charge in [0.1, 0.15) is 5.02 Å². The number of amides is 1. The predicted molar refractivity (Wildman–Crippen MR) is 101 cm³/mol. The molecule has 1 fully saturated rings. The van der Waals surface area contributed by atoms with Gasteiger partial charge in [-0.1, -0.05) is 17.7 Å². The molecule has 1 aliphatic heterocycles. The molecule has 0 atom stereocenters. The number of carbonyl (C=O) groups is 1. The minimum Gasteiger partial charge on any atom is -0.372 e. The molecule has 26 heavy (non-hydrogen) atoms. The van der Waals surface area contributed by atoms with Crippen LogP contribution in [0.15, 0.2) is 47.6 Å². The van der Waals surface area contributed by atoms with E-state index in [-0.39, 0.29) is 16.6 Å². The number of hydrogen-bond donors (Lipinski definition) is 1. The van der Waals surface area contributed by atoms with Gasteiger partial charge in [0.25, 0.3) is 11.6 Å². The summed E-state index contributed by atoms with van der Waals surface area (Å²) in [7, 11) is 0. The molecule has 0 aliphatic carbocycles. The molecule has 3 rings (SSSR count). The molecule has 1 heterocycles. The van der Waals surface area contributed by atoms with E-state index < -0.39 is 4.92 Å². The van der Waals surface area contributed by atoms with E-state index >= 15 is 0 Å². The van der Waals surface area contributed by atoms with Gasteiger partial charge in [-0.3, -0.25) is 14.9 Å². The molecule has 1 saturated heterocycles. The van der Waals surface area contributed by atoms with E-state index in [0.29, 0.717) is 11.1 Å². The third kappa shape index (κ3) is 4.18. The fourth-order valence-electron chi connectivity index (χ4n) is 2.78. The second-order valence-corrected chi connectivity index (χ2v) is 6.32. The van der Waals surface area contributed by atoms with Crippen LogP contribution in [0.5, 0.6) is 0 Å². The van der Waals surface area contributed by atoms with Gasteiger partial charge in [0.15, 0.2) is 0 Å². The molecular formula is C18H17ClN4O3. The molecular weight excluding hydrogens is 356 g/mol. The molecule has 134 valence electrons. The standard InChI is InChI=1S/C18H17ClN4O3/c19-16-8-3-13(11-17(16)23(25)26)12-20-21-18(24)14-4-6-15(7-5-14)22-9-1-2-10-22/h3-8,11-12H,1-2,9-10H2,(H,21,24)/b20-12-. The lowest BCUT2D eigenvalue weighted by Crippen LogP contribution is -2.19. The molecule has 0 aromatic heterocycles. The zero-order valence-corrected chi connectivity index (χ0v) is 14.6. The van der Waals surface area contributed by atoms with Crippen LogP contribution in [0, 0.1) is 10.1 Å². The second kappa shape index (κ2) is 7.97. The molecule has 1 aliphatic rings. The molecule has 0 saturated carbocycles. The van der Waals surface area contributed by atoms with Crippen molar-refractivity contribution in [3.8, 4) is 0 Å². The van der Waals surface area contributed by atoms with Crippen LogP contribution in [0.2, 0.25) is 5.02 Å². The van der Waals surface area contributed by atoms with Gasteiger partial charge < -0.3 is 4.90 Å². The molecule has 2 aromatic rings.